The molecule has 0 unspecified atom stereocenters. The minimum Gasteiger partial charge on any atom is -0.508 e. The SMILES string of the molecule is [N-]=[N+]=NCCC#Cc1c(F)cc(O)cc1F. The molecular formula is C10H7F2N3O. The maximum absolute atomic E-state index is 13.1. The van der Waals surface area contributed by atoms with E-state index in [1.807, 2.05) is 0 Å². The van der Waals surface area contributed by atoms with Gasteiger partial charge in [-0.1, -0.05) is 17.0 Å². The van der Waals surface area contributed by atoms with E-state index in [0.717, 1.165) is 12.1 Å². The highest BCUT2D eigenvalue weighted by Crippen LogP contribution is 2.18. The lowest BCUT2D eigenvalue weighted by atomic mass is 10.2. The minimum absolute atomic E-state index is 0.144. The lowest BCUT2D eigenvalue weighted by Gasteiger charge is -1.97. The number of azide groups is 1. The van der Waals surface area contributed by atoms with E-state index in [2.05, 4.69) is 21.9 Å². The van der Waals surface area contributed by atoms with Crippen molar-refractivity contribution in [3.63, 3.8) is 0 Å². The zero-order chi connectivity index (χ0) is 12.0. The van der Waals surface area contributed by atoms with Gasteiger partial charge in [0.25, 0.3) is 0 Å². The highest BCUT2D eigenvalue weighted by Gasteiger charge is 2.07. The average molecular weight is 223 g/mol. The first kappa shape index (κ1) is 11.8. The first-order valence-corrected chi connectivity index (χ1v) is 4.33. The number of rotatable bonds is 2. The smallest absolute Gasteiger partial charge is 0.145 e. The van der Waals surface area contributed by atoms with Crippen LogP contribution in [0.1, 0.15) is 12.0 Å². The van der Waals surface area contributed by atoms with E-state index in [1.54, 1.807) is 0 Å². The number of phenolic OH excluding ortho intramolecular Hbond substituents is 1. The van der Waals surface area contributed by atoms with Crippen LogP contribution in [0.15, 0.2) is 17.2 Å². The Hall–Kier alpha value is -2.25. The van der Waals surface area contributed by atoms with E-state index < -0.39 is 22.9 Å². The summed E-state index contributed by atoms with van der Waals surface area (Å²) in [5.74, 6) is 2.40. The van der Waals surface area contributed by atoms with Crippen LogP contribution in [0.3, 0.4) is 0 Å². The summed E-state index contributed by atoms with van der Waals surface area (Å²) in [5, 5.41) is 12.1. The highest BCUT2D eigenvalue weighted by atomic mass is 19.1. The third kappa shape index (κ3) is 3.15. The molecule has 0 saturated heterocycles. The molecule has 0 aliphatic heterocycles. The second kappa shape index (κ2) is 5.59. The number of benzene rings is 1. The Labute approximate surface area is 90.1 Å². The average Bonchev–Trinajstić information content (AvgIpc) is 2.20. The Balaban J connectivity index is 2.84. The molecule has 0 radical (unpaired) electrons. The first-order chi connectivity index (χ1) is 7.65. The third-order valence-corrected chi connectivity index (χ3v) is 1.64. The van der Waals surface area contributed by atoms with Gasteiger partial charge >= 0.3 is 0 Å². The third-order valence-electron chi connectivity index (χ3n) is 1.64. The van der Waals surface area contributed by atoms with Crippen LogP contribution < -0.4 is 0 Å². The summed E-state index contributed by atoms with van der Waals surface area (Å²) in [5.41, 5.74) is 7.56. The zero-order valence-corrected chi connectivity index (χ0v) is 8.11. The number of aromatic hydroxyl groups is 1. The van der Waals surface area contributed by atoms with Crippen molar-refractivity contribution in [3.05, 3.63) is 39.8 Å². The summed E-state index contributed by atoms with van der Waals surface area (Å²) in [6.45, 7) is 0.144. The van der Waals surface area contributed by atoms with Crippen molar-refractivity contribution in [1.29, 1.82) is 0 Å². The fraction of sp³-hybridized carbons (Fsp3) is 0.200. The first-order valence-electron chi connectivity index (χ1n) is 4.33. The van der Waals surface area contributed by atoms with Gasteiger partial charge in [0.15, 0.2) is 0 Å². The number of phenols is 1. The van der Waals surface area contributed by atoms with Crippen molar-refractivity contribution >= 4 is 0 Å². The van der Waals surface area contributed by atoms with Crippen molar-refractivity contribution in [2.45, 2.75) is 6.42 Å². The monoisotopic (exact) mass is 223 g/mol. The summed E-state index contributed by atoms with van der Waals surface area (Å²) in [4.78, 5) is 2.50. The molecule has 0 aromatic heterocycles. The van der Waals surface area contributed by atoms with Crippen molar-refractivity contribution in [2.24, 2.45) is 5.11 Å². The topological polar surface area (TPSA) is 69.0 Å². The zero-order valence-electron chi connectivity index (χ0n) is 8.11. The van der Waals surface area contributed by atoms with Crippen molar-refractivity contribution in [3.8, 4) is 17.6 Å². The standard InChI is InChI=1S/C10H7F2N3O/c11-9-5-7(16)6-10(12)8(9)3-1-2-4-14-15-13/h5-6,16H,2,4H2. The highest BCUT2D eigenvalue weighted by molar-refractivity contribution is 5.40. The van der Waals surface area contributed by atoms with E-state index in [0.29, 0.717) is 0 Å². The van der Waals surface area contributed by atoms with Gasteiger partial charge in [-0.05, 0) is 5.53 Å². The Kier molecular flexibility index (Phi) is 4.13. The molecule has 1 aromatic carbocycles. The van der Waals surface area contributed by atoms with Crippen LogP contribution in [0, 0.1) is 23.5 Å². The summed E-state index contributed by atoms with van der Waals surface area (Å²) in [6, 6.07) is 1.56. The normalized spacial score (nSPS) is 8.88. The fourth-order valence-electron chi connectivity index (χ4n) is 0.981. The van der Waals surface area contributed by atoms with Gasteiger partial charge < -0.3 is 5.11 Å². The Morgan fingerprint density at radius 3 is 2.56 bits per heavy atom. The number of hydrogen-bond acceptors (Lipinski definition) is 2. The molecule has 16 heavy (non-hydrogen) atoms. The molecule has 0 fully saturated rings. The van der Waals surface area contributed by atoms with Crippen molar-refractivity contribution < 1.29 is 13.9 Å². The van der Waals surface area contributed by atoms with Crippen LogP contribution >= 0.6 is 0 Å². The molecule has 0 aliphatic rings. The lowest BCUT2D eigenvalue weighted by Crippen LogP contribution is -1.89. The van der Waals surface area contributed by atoms with Gasteiger partial charge in [0.2, 0.25) is 0 Å². The predicted molar refractivity (Wildman–Crippen MR) is 53.5 cm³/mol. The maximum atomic E-state index is 13.1. The number of hydrogen-bond donors (Lipinski definition) is 1. The van der Waals surface area contributed by atoms with Crippen LogP contribution in [0.25, 0.3) is 10.4 Å². The molecule has 0 aliphatic carbocycles. The quantitative estimate of drug-likeness (QED) is 0.270. The van der Waals surface area contributed by atoms with Crippen LogP contribution in [-0.4, -0.2) is 11.7 Å². The molecule has 0 spiro atoms. The molecule has 0 heterocycles. The van der Waals surface area contributed by atoms with E-state index in [4.69, 9.17) is 10.6 Å². The van der Waals surface area contributed by atoms with Gasteiger partial charge in [-0.25, -0.2) is 8.78 Å². The van der Waals surface area contributed by atoms with Crippen LogP contribution in [0.5, 0.6) is 5.75 Å². The van der Waals surface area contributed by atoms with Crippen molar-refractivity contribution in [1.82, 2.24) is 0 Å². The van der Waals surface area contributed by atoms with Gasteiger partial charge in [-0.3, -0.25) is 0 Å². The minimum atomic E-state index is -0.922. The van der Waals surface area contributed by atoms with Crippen LogP contribution in [0.2, 0.25) is 0 Å². The van der Waals surface area contributed by atoms with Gasteiger partial charge in [0.05, 0.1) is 5.56 Å². The molecule has 6 heteroatoms. The molecular weight excluding hydrogens is 216 g/mol. The predicted octanol–water partition coefficient (Wildman–Crippen LogP) is 2.72. The molecule has 0 atom stereocenters. The summed E-state index contributed by atoms with van der Waals surface area (Å²) >= 11 is 0. The van der Waals surface area contributed by atoms with E-state index in [-0.39, 0.29) is 13.0 Å². The molecule has 1 N–H and O–H groups in total. The van der Waals surface area contributed by atoms with Gasteiger partial charge in [0, 0.05) is 30.0 Å². The Morgan fingerprint density at radius 2 is 2.00 bits per heavy atom. The second-order valence-electron chi connectivity index (χ2n) is 2.79. The largest absolute Gasteiger partial charge is 0.508 e. The maximum Gasteiger partial charge on any atom is 0.145 e. The molecule has 1 aromatic rings. The fourth-order valence-corrected chi connectivity index (χ4v) is 0.981. The van der Waals surface area contributed by atoms with Gasteiger partial charge in [-0.2, -0.15) is 0 Å². The summed E-state index contributed by atoms with van der Waals surface area (Å²) in [7, 11) is 0. The van der Waals surface area contributed by atoms with Crippen LogP contribution in [0.4, 0.5) is 8.78 Å². The number of nitrogens with zero attached hydrogens (tertiary/aromatic N) is 3. The Bertz CT molecular complexity index is 476. The molecule has 0 bridgehead atoms. The molecule has 4 nitrogen and oxygen atoms in total. The molecule has 0 amide bonds. The van der Waals surface area contributed by atoms with Gasteiger partial charge in [0.1, 0.15) is 17.4 Å². The van der Waals surface area contributed by atoms with Gasteiger partial charge in [-0.15, -0.1) is 0 Å². The van der Waals surface area contributed by atoms with Crippen LogP contribution in [-0.2, 0) is 0 Å². The van der Waals surface area contributed by atoms with E-state index >= 15 is 0 Å². The van der Waals surface area contributed by atoms with E-state index in [9.17, 15) is 8.78 Å². The lowest BCUT2D eigenvalue weighted by molar-refractivity contribution is 0.459. The number of halogens is 2. The summed E-state index contributed by atoms with van der Waals surface area (Å²) < 4.78 is 26.2. The van der Waals surface area contributed by atoms with E-state index in [1.165, 1.54) is 0 Å². The molecule has 82 valence electrons. The molecule has 1 rings (SSSR count). The summed E-state index contributed by atoms with van der Waals surface area (Å²) in [6.07, 6.45) is 0.212. The molecule has 0 saturated carbocycles. The second-order valence-corrected chi connectivity index (χ2v) is 2.79. The van der Waals surface area contributed by atoms with Crippen molar-refractivity contribution in [2.75, 3.05) is 6.54 Å². The Morgan fingerprint density at radius 1 is 1.38 bits per heavy atom.